The Morgan fingerprint density at radius 1 is 1.03 bits per heavy atom. The topological polar surface area (TPSA) is 50.6 Å². The second-order valence-electron chi connectivity index (χ2n) is 7.44. The molecule has 1 aromatic heterocycles. The molecule has 0 bridgehead atoms. The van der Waals surface area contributed by atoms with Crippen molar-refractivity contribution in [2.75, 3.05) is 26.2 Å². The zero-order chi connectivity index (χ0) is 20.9. The van der Waals surface area contributed by atoms with Gasteiger partial charge in [-0.3, -0.25) is 9.69 Å². The van der Waals surface area contributed by atoms with E-state index < -0.39 is 0 Å². The number of aromatic nitrogens is 2. The number of ether oxygens (including phenoxy) is 1. The molecule has 4 rings (SSSR count). The number of carbonyl (C=O) groups is 1. The van der Waals surface area contributed by atoms with Crippen LogP contribution in [0.3, 0.4) is 0 Å². The number of hydrogen-bond acceptors (Lipinski definition) is 4. The highest BCUT2D eigenvalue weighted by molar-refractivity contribution is 5.92. The summed E-state index contributed by atoms with van der Waals surface area (Å²) >= 11 is 0. The standard InChI is InChI=1S/C23H25FN4O2/c1-18-6-2-5-9-22(18)30-17-28-11-10-21(25-28)23(29)27-14-12-26(13-15-27)16-19-7-3-4-8-20(19)24/h2-11H,12-17H2,1H3. The Balaban J connectivity index is 1.29. The van der Waals surface area contributed by atoms with Gasteiger partial charge in [0.05, 0.1) is 0 Å². The molecule has 1 amide bonds. The Morgan fingerprint density at radius 3 is 2.53 bits per heavy atom. The van der Waals surface area contributed by atoms with E-state index in [9.17, 15) is 9.18 Å². The summed E-state index contributed by atoms with van der Waals surface area (Å²) < 4.78 is 21.3. The highest BCUT2D eigenvalue weighted by Crippen LogP contribution is 2.17. The lowest BCUT2D eigenvalue weighted by Gasteiger charge is -2.34. The number of para-hydroxylation sites is 1. The Morgan fingerprint density at radius 2 is 1.77 bits per heavy atom. The van der Waals surface area contributed by atoms with Crippen LogP contribution in [0.25, 0.3) is 0 Å². The lowest BCUT2D eigenvalue weighted by molar-refractivity contribution is 0.0619. The van der Waals surface area contributed by atoms with Crippen molar-refractivity contribution in [1.29, 1.82) is 0 Å². The fraction of sp³-hybridized carbons (Fsp3) is 0.304. The van der Waals surface area contributed by atoms with Crippen LogP contribution in [0.4, 0.5) is 4.39 Å². The monoisotopic (exact) mass is 408 g/mol. The molecule has 0 spiro atoms. The molecule has 1 fully saturated rings. The van der Waals surface area contributed by atoms with E-state index in [0.29, 0.717) is 44.0 Å². The first kappa shape index (κ1) is 20.1. The first-order valence-corrected chi connectivity index (χ1v) is 10.1. The predicted octanol–water partition coefficient (Wildman–Crippen LogP) is 3.33. The molecule has 1 aliphatic heterocycles. The zero-order valence-electron chi connectivity index (χ0n) is 17.0. The van der Waals surface area contributed by atoms with E-state index in [-0.39, 0.29) is 18.5 Å². The van der Waals surface area contributed by atoms with E-state index in [1.165, 1.54) is 6.07 Å². The van der Waals surface area contributed by atoms with E-state index in [1.807, 2.05) is 37.3 Å². The summed E-state index contributed by atoms with van der Waals surface area (Å²) in [7, 11) is 0. The van der Waals surface area contributed by atoms with Crippen molar-refractivity contribution in [3.63, 3.8) is 0 Å². The maximum atomic E-state index is 13.9. The average molecular weight is 408 g/mol. The second-order valence-corrected chi connectivity index (χ2v) is 7.44. The van der Waals surface area contributed by atoms with E-state index >= 15 is 0 Å². The molecule has 0 aliphatic carbocycles. The van der Waals surface area contributed by atoms with Gasteiger partial charge in [0.25, 0.3) is 5.91 Å². The number of carbonyl (C=O) groups excluding carboxylic acids is 1. The minimum absolute atomic E-state index is 0.0878. The van der Waals surface area contributed by atoms with Crippen LogP contribution in [-0.2, 0) is 13.3 Å². The number of piperazine rings is 1. The highest BCUT2D eigenvalue weighted by Gasteiger charge is 2.24. The van der Waals surface area contributed by atoms with Gasteiger partial charge in [-0.25, -0.2) is 9.07 Å². The van der Waals surface area contributed by atoms with Gasteiger partial charge in [0, 0.05) is 44.5 Å². The van der Waals surface area contributed by atoms with Gasteiger partial charge in [0.15, 0.2) is 12.4 Å². The Hall–Kier alpha value is -3.19. The predicted molar refractivity (Wildman–Crippen MR) is 112 cm³/mol. The third kappa shape index (κ3) is 4.68. The van der Waals surface area contributed by atoms with Gasteiger partial charge in [-0.15, -0.1) is 0 Å². The molecule has 2 aromatic carbocycles. The van der Waals surface area contributed by atoms with Crippen LogP contribution >= 0.6 is 0 Å². The molecule has 156 valence electrons. The summed E-state index contributed by atoms with van der Waals surface area (Å²) in [6, 6.07) is 16.3. The maximum absolute atomic E-state index is 13.9. The third-order valence-electron chi connectivity index (χ3n) is 5.32. The van der Waals surface area contributed by atoms with E-state index in [1.54, 1.807) is 34.0 Å². The van der Waals surface area contributed by atoms with Crippen LogP contribution < -0.4 is 4.74 Å². The molecular weight excluding hydrogens is 383 g/mol. The van der Waals surface area contributed by atoms with E-state index in [2.05, 4.69) is 10.00 Å². The molecule has 0 atom stereocenters. The average Bonchev–Trinajstić information content (AvgIpc) is 3.24. The quantitative estimate of drug-likeness (QED) is 0.628. The third-order valence-corrected chi connectivity index (χ3v) is 5.32. The fourth-order valence-electron chi connectivity index (χ4n) is 3.54. The van der Waals surface area contributed by atoms with Crippen LogP contribution in [0.5, 0.6) is 5.75 Å². The van der Waals surface area contributed by atoms with Gasteiger partial charge in [-0.2, -0.15) is 5.10 Å². The Bertz CT molecular complexity index is 1010. The van der Waals surface area contributed by atoms with Crippen molar-refractivity contribution in [2.45, 2.75) is 20.2 Å². The summed E-state index contributed by atoms with van der Waals surface area (Å²) in [4.78, 5) is 16.8. The van der Waals surface area contributed by atoms with Gasteiger partial charge < -0.3 is 9.64 Å². The number of hydrogen-bond donors (Lipinski definition) is 0. The van der Waals surface area contributed by atoms with Crippen molar-refractivity contribution in [3.8, 4) is 5.75 Å². The van der Waals surface area contributed by atoms with Gasteiger partial charge in [0.2, 0.25) is 0 Å². The van der Waals surface area contributed by atoms with E-state index in [0.717, 1.165) is 11.3 Å². The van der Waals surface area contributed by atoms with Crippen molar-refractivity contribution >= 4 is 5.91 Å². The van der Waals surface area contributed by atoms with E-state index in [4.69, 9.17) is 4.74 Å². The van der Waals surface area contributed by atoms with Crippen LogP contribution in [0, 0.1) is 12.7 Å². The molecular formula is C23H25FN4O2. The Labute approximate surface area is 175 Å². The summed E-state index contributed by atoms with van der Waals surface area (Å²) in [5.74, 6) is 0.525. The smallest absolute Gasteiger partial charge is 0.274 e. The number of nitrogens with zero attached hydrogens (tertiary/aromatic N) is 4. The number of rotatable bonds is 6. The summed E-state index contributed by atoms with van der Waals surface area (Å²) in [5.41, 5.74) is 2.14. The van der Waals surface area contributed by atoms with Gasteiger partial charge in [-0.05, 0) is 30.7 Å². The van der Waals surface area contributed by atoms with Gasteiger partial charge >= 0.3 is 0 Å². The highest BCUT2D eigenvalue weighted by atomic mass is 19.1. The summed E-state index contributed by atoms with van der Waals surface area (Å²) in [6.45, 7) is 5.39. The van der Waals surface area contributed by atoms with Crippen molar-refractivity contribution in [3.05, 3.63) is 83.4 Å². The molecule has 1 aliphatic rings. The van der Waals surface area contributed by atoms with Crippen molar-refractivity contribution < 1.29 is 13.9 Å². The SMILES string of the molecule is Cc1ccccc1OCn1ccc(C(=O)N2CCN(Cc3ccccc3F)CC2)n1. The summed E-state index contributed by atoms with van der Waals surface area (Å²) in [6.07, 6.45) is 1.75. The molecule has 0 radical (unpaired) electrons. The first-order valence-electron chi connectivity index (χ1n) is 10.1. The van der Waals surface area contributed by atoms with Crippen LogP contribution in [-0.4, -0.2) is 51.7 Å². The first-order chi connectivity index (χ1) is 14.6. The molecule has 0 saturated carbocycles. The van der Waals surface area contributed by atoms with Crippen molar-refractivity contribution in [1.82, 2.24) is 19.6 Å². The minimum Gasteiger partial charge on any atom is -0.471 e. The number of benzene rings is 2. The van der Waals surface area contributed by atoms with Gasteiger partial charge in [0.1, 0.15) is 11.6 Å². The molecule has 2 heterocycles. The molecule has 30 heavy (non-hydrogen) atoms. The van der Waals surface area contributed by atoms with Crippen LogP contribution in [0.15, 0.2) is 60.8 Å². The molecule has 0 unspecified atom stereocenters. The van der Waals surface area contributed by atoms with Crippen molar-refractivity contribution in [2.24, 2.45) is 0 Å². The number of halogens is 1. The normalized spacial score (nSPS) is 14.7. The Kier molecular flexibility index (Phi) is 6.09. The maximum Gasteiger partial charge on any atom is 0.274 e. The molecule has 3 aromatic rings. The number of aryl methyl sites for hydroxylation is 1. The largest absolute Gasteiger partial charge is 0.471 e. The molecule has 7 heteroatoms. The summed E-state index contributed by atoms with van der Waals surface area (Å²) in [5, 5.41) is 4.37. The van der Waals surface area contributed by atoms with Gasteiger partial charge in [-0.1, -0.05) is 36.4 Å². The zero-order valence-corrected chi connectivity index (χ0v) is 17.0. The lowest BCUT2D eigenvalue weighted by atomic mass is 10.2. The van der Waals surface area contributed by atoms with Crippen LogP contribution in [0.2, 0.25) is 0 Å². The fourth-order valence-corrected chi connectivity index (χ4v) is 3.54. The van der Waals surface area contributed by atoms with Crippen LogP contribution in [0.1, 0.15) is 21.6 Å². The molecule has 0 N–H and O–H groups in total. The molecule has 1 saturated heterocycles. The lowest BCUT2D eigenvalue weighted by Crippen LogP contribution is -2.48. The minimum atomic E-state index is -0.186. The molecule has 6 nitrogen and oxygen atoms in total. The second kappa shape index (κ2) is 9.09. The number of amides is 1.